The second kappa shape index (κ2) is 23.3. The van der Waals surface area contributed by atoms with Gasteiger partial charge in [-0.15, -0.1) is 0 Å². The van der Waals surface area contributed by atoms with Crippen molar-refractivity contribution >= 4 is 23.6 Å². The molecule has 3 fully saturated rings. The highest BCUT2D eigenvalue weighted by molar-refractivity contribution is 5.88. The van der Waals surface area contributed by atoms with Gasteiger partial charge in [0.15, 0.2) is 0 Å². The summed E-state index contributed by atoms with van der Waals surface area (Å²) in [6.07, 6.45) is 7.41. The zero-order valence-electron chi connectivity index (χ0n) is 34.8. The molecule has 2 saturated heterocycles. The number of aromatic nitrogens is 2. The summed E-state index contributed by atoms with van der Waals surface area (Å²) in [5, 5.41) is 15.9. The molecule has 0 radical (unpaired) electrons. The maximum atomic E-state index is 13.9. The Labute approximate surface area is 329 Å². The third-order valence-electron chi connectivity index (χ3n) is 11.3. The monoisotopic (exact) mass is 768 g/mol. The molecule has 3 aliphatic rings. The van der Waals surface area contributed by atoms with E-state index in [4.69, 9.17) is 9.47 Å². The van der Waals surface area contributed by atoms with Crippen molar-refractivity contribution in [2.24, 2.45) is 17.8 Å². The predicted octanol–water partition coefficient (Wildman–Crippen LogP) is 4.61. The molecule has 5 rings (SSSR count). The van der Waals surface area contributed by atoms with E-state index < -0.39 is 18.1 Å². The number of nitrogens with zero attached hydrogens (tertiary/aromatic N) is 3. The summed E-state index contributed by atoms with van der Waals surface area (Å²) in [7, 11) is 4.87. The van der Waals surface area contributed by atoms with Gasteiger partial charge in [-0.2, -0.15) is 5.10 Å². The van der Waals surface area contributed by atoms with E-state index >= 15 is 0 Å². The molecule has 4 N–H and O–H groups in total. The maximum absolute atomic E-state index is 13.9. The van der Waals surface area contributed by atoms with E-state index in [1.807, 2.05) is 43.9 Å². The quantitative estimate of drug-likeness (QED) is 0.193. The first-order chi connectivity index (χ1) is 26.4. The van der Waals surface area contributed by atoms with Gasteiger partial charge in [0, 0.05) is 40.1 Å². The summed E-state index contributed by atoms with van der Waals surface area (Å²) in [5.74, 6) is -0.715. The van der Waals surface area contributed by atoms with Crippen LogP contribution < -0.4 is 16.0 Å². The molecule has 13 heteroatoms. The van der Waals surface area contributed by atoms with Gasteiger partial charge in [0.1, 0.15) is 0 Å². The molecule has 1 saturated carbocycles. The smallest absolute Gasteiger partial charge is 0.242 e. The van der Waals surface area contributed by atoms with Gasteiger partial charge in [0.2, 0.25) is 23.6 Å². The van der Waals surface area contributed by atoms with E-state index in [0.717, 1.165) is 44.2 Å². The Balaban J connectivity index is 0.000000710. The van der Waals surface area contributed by atoms with Gasteiger partial charge < -0.3 is 35.2 Å². The zero-order valence-corrected chi connectivity index (χ0v) is 34.8. The maximum Gasteiger partial charge on any atom is 0.242 e. The van der Waals surface area contributed by atoms with E-state index in [1.54, 1.807) is 38.4 Å². The van der Waals surface area contributed by atoms with Crippen molar-refractivity contribution in [3.63, 3.8) is 0 Å². The van der Waals surface area contributed by atoms with Crippen molar-refractivity contribution in [2.75, 3.05) is 34.4 Å². The molecule has 55 heavy (non-hydrogen) atoms. The lowest BCUT2D eigenvalue weighted by molar-refractivity contribution is -0.145. The fourth-order valence-corrected chi connectivity index (χ4v) is 8.13. The van der Waals surface area contributed by atoms with Crippen molar-refractivity contribution in [2.45, 2.75) is 136 Å². The highest BCUT2D eigenvalue weighted by Crippen LogP contribution is 2.35. The third-order valence-corrected chi connectivity index (χ3v) is 11.3. The molecule has 1 aromatic heterocycles. The van der Waals surface area contributed by atoms with Crippen LogP contribution in [0, 0.1) is 24.7 Å². The van der Waals surface area contributed by atoms with E-state index in [0.29, 0.717) is 25.0 Å². The molecule has 4 amide bonds. The second-order valence-electron chi connectivity index (χ2n) is 15.4. The van der Waals surface area contributed by atoms with Crippen LogP contribution >= 0.6 is 0 Å². The number of aromatic amines is 1. The number of hydrogen-bond donors (Lipinski definition) is 4. The van der Waals surface area contributed by atoms with Crippen LogP contribution in [0.5, 0.6) is 0 Å². The lowest BCUT2D eigenvalue weighted by atomic mass is 9.90. The molecule has 2 aliphatic heterocycles. The average Bonchev–Trinajstić information content (AvgIpc) is 4.03. The molecule has 9 atom stereocenters. The standard InChI is InChI=1S/C32H53N7O6.C7H8.C3H8/c1-7-19(2)29(38(4)27(41)18-34-32(43)28-21-10-11-22(15-21)36-28)25(44-5)16-26(40)39-14-8-9-24(39)30(45-6)20(3)31(42)33-17-23-12-13-35-37-23;1-7-5-3-2-4-6-7;1-3-2/h12-13,19-22,24-25,28-30,36H,7-11,14-18H2,1-6H3,(H,33,42)(H,34,43)(H,35,37);2-6H,1H3;3H2,1-2H3. The number of piperidine rings is 1. The first kappa shape index (κ1) is 45.6. The van der Waals surface area contributed by atoms with Crippen LogP contribution in [0.25, 0.3) is 0 Å². The Hall–Kier alpha value is -3.81. The highest BCUT2D eigenvalue weighted by Gasteiger charge is 2.44. The number of rotatable bonds is 16. The molecule has 1 aliphatic carbocycles. The van der Waals surface area contributed by atoms with E-state index in [1.165, 1.54) is 12.0 Å². The molecule has 13 nitrogen and oxygen atoms in total. The minimum Gasteiger partial charge on any atom is -0.379 e. The summed E-state index contributed by atoms with van der Waals surface area (Å²) in [6, 6.07) is 11.6. The van der Waals surface area contributed by atoms with Gasteiger partial charge in [0.05, 0.1) is 61.5 Å². The van der Waals surface area contributed by atoms with Crippen LogP contribution in [0.3, 0.4) is 0 Å². The normalized spacial score (nSPS) is 22.5. The molecule has 9 unspecified atom stereocenters. The van der Waals surface area contributed by atoms with E-state index in [2.05, 4.69) is 59.1 Å². The van der Waals surface area contributed by atoms with Crippen LogP contribution in [-0.2, 0) is 35.2 Å². The number of aryl methyl sites for hydroxylation is 1. The molecule has 0 spiro atoms. The van der Waals surface area contributed by atoms with Crippen molar-refractivity contribution < 1.29 is 28.7 Å². The van der Waals surface area contributed by atoms with Crippen LogP contribution in [0.1, 0.15) is 97.2 Å². The van der Waals surface area contributed by atoms with Gasteiger partial charge >= 0.3 is 0 Å². The molecular weight excluding hydrogens is 699 g/mol. The molecule has 308 valence electrons. The van der Waals surface area contributed by atoms with Crippen molar-refractivity contribution in [3.8, 4) is 0 Å². The predicted molar refractivity (Wildman–Crippen MR) is 215 cm³/mol. The fourth-order valence-electron chi connectivity index (χ4n) is 8.13. The summed E-state index contributed by atoms with van der Waals surface area (Å²) in [4.78, 5) is 56.5. The first-order valence-corrected chi connectivity index (χ1v) is 20.3. The number of likely N-dealkylation sites (N-methyl/N-ethyl adjacent to an activating group) is 1. The number of hydrogen-bond acceptors (Lipinski definition) is 8. The van der Waals surface area contributed by atoms with Gasteiger partial charge in [-0.05, 0) is 56.9 Å². The fraction of sp³-hybridized carbons (Fsp3) is 0.690. The highest BCUT2D eigenvalue weighted by atomic mass is 16.5. The second-order valence-corrected chi connectivity index (χ2v) is 15.4. The summed E-state index contributed by atoms with van der Waals surface area (Å²) in [5.41, 5.74) is 2.12. The van der Waals surface area contributed by atoms with Gasteiger partial charge in [0.25, 0.3) is 0 Å². The Morgan fingerprint density at radius 2 is 1.71 bits per heavy atom. The van der Waals surface area contributed by atoms with Crippen LogP contribution in [0.4, 0.5) is 0 Å². The number of nitrogens with one attached hydrogen (secondary N) is 4. The third kappa shape index (κ3) is 13.1. The minimum atomic E-state index is -0.554. The average molecular weight is 768 g/mol. The SMILES string of the molecule is CCC.CCC(C)C(C(CC(=O)N1CCCC1C(OC)C(C)C(=O)NCc1ccn[nH]1)OC)N(C)C(=O)CNC(=O)C1NC2CCC1C2.Cc1ccccc1. The van der Waals surface area contributed by atoms with Gasteiger partial charge in [-0.3, -0.25) is 24.3 Å². The number of ether oxygens (including phenoxy) is 2. The summed E-state index contributed by atoms with van der Waals surface area (Å²) < 4.78 is 11.8. The molecule has 1 aromatic carbocycles. The Morgan fingerprint density at radius 3 is 2.24 bits per heavy atom. The molecule has 2 bridgehead atoms. The first-order valence-electron chi connectivity index (χ1n) is 20.3. The number of carbonyl (C=O) groups is 4. The number of amides is 4. The Kier molecular flexibility index (Phi) is 19.3. The number of methoxy groups -OCH3 is 2. The Morgan fingerprint density at radius 1 is 1.00 bits per heavy atom. The van der Waals surface area contributed by atoms with Gasteiger partial charge in [-0.25, -0.2) is 0 Å². The lowest BCUT2D eigenvalue weighted by Crippen LogP contribution is -2.55. The topological polar surface area (TPSA) is 158 Å². The largest absolute Gasteiger partial charge is 0.379 e. The summed E-state index contributed by atoms with van der Waals surface area (Å²) in [6.45, 7) is 13.0. The van der Waals surface area contributed by atoms with E-state index in [-0.39, 0.29) is 60.6 Å². The number of carbonyl (C=O) groups excluding carboxylic acids is 4. The van der Waals surface area contributed by atoms with Crippen molar-refractivity contribution in [1.29, 1.82) is 0 Å². The van der Waals surface area contributed by atoms with Crippen molar-refractivity contribution in [1.82, 2.24) is 35.9 Å². The summed E-state index contributed by atoms with van der Waals surface area (Å²) >= 11 is 0. The number of likely N-dealkylation sites (tertiary alicyclic amines) is 1. The number of benzene rings is 1. The van der Waals surface area contributed by atoms with Crippen LogP contribution in [-0.4, -0.2) is 114 Å². The minimum absolute atomic E-state index is 0.0410. The van der Waals surface area contributed by atoms with Crippen LogP contribution in [0.15, 0.2) is 42.6 Å². The molecular formula is C42H69N7O6. The number of H-pyrrole nitrogens is 1. The number of fused-ring (bicyclic) bond motifs is 2. The zero-order chi connectivity index (χ0) is 40.5. The van der Waals surface area contributed by atoms with Crippen molar-refractivity contribution in [3.05, 3.63) is 53.9 Å². The van der Waals surface area contributed by atoms with Crippen LogP contribution in [0.2, 0.25) is 0 Å². The van der Waals surface area contributed by atoms with E-state index in [9.17, 15) is 19.2 Å². The Bertz CT molecular complexity index is 1440. The molecule has 2 aromatic rings. The molecule has 3 heterocycles. The van der Waals surface area contributed by atoms with Gasteiger partial charge in [-0.1, -0.05) is 83.4 Å². The lowest BCUT2D eigenvalue weighted by Gasteiger charge is -2.39.